The molecular formula is C11H15F2N. The third-order valence-electron chi connectivity index (χ3n) is 2.11. The lowest BCUT2D eigenvalue weighted by Crippen LogP contribution is -2.14. The Kier molecular flexibility index (Phi) is 4.01. The molecule has 1 unspecified atom stereocenters. The third kappa shape index (κ3) is 3.42. The topological polar surface area (TPSA) is 26.0 Å². The van der Waals surface area contributed by atoms with Gasteiger partial charge in [0.15, 0.2) is 0 Å². The van der Waals surface area contributed by atoms with Gasteiger partial charge in [0, 0.05) is 6.04 Å². The van der Waals surface area contributed by atoms with E-state index in [1.807, 2.05) is 6.92 Å². The summed E-state index contributed by atoms with van der Waals surface area (Å²) >= 11 is 0. The van der Waals surface area contributed by atoms with Gasteiger partial charge < -0.3 is 5.73 Å². The molecule has 0 aliphatic carbocycles. The smallest absolute Gasteiger partial charge is 0.126 e. The number of nitrogens with two attached hydrogens (primary N) is 1. The second-order valence-corrected chi connectivity index (χ2v) is 3.61. The molecule has 0 spiro atoms. The molecular weight excluding hydrogens is 184 g/mol. The molecule has 0 amide bonds. The highest BCUT2D eigenvalue weighted by molar-refractivity contribution is 5.18. The maximum Gasteiger partial charge on any atom is 0.126 e. The van der Waals surface area contributed by atoms with Crippen molar-refractivity contribution in [2.75, 3.05) is 0 Å². The molecule has 0 aliphatic rings. The maximum atomic E-state index is 13.1. The van der Waals surface area contributed by atoms with E-state index in [1.54, 1.807) is 0 Å². The van der Waals surface area contributed by atoms with Crippen molar-refractivity contribution in [2.45, 2.75) is 32.2 Å². The standard InChI is InChI=1S/C11H15F2N/c1-8(14)3-2-4-9-7-10(12)5-6-11(9)13/h5-8H,2-4,14H2,1H3. The van der Waals surface area contributed by atoms with Crippen molar-refractivity contribution in [3.63, 3.8) is 0 Å². The van der Waals surface area contributed by atoms with Crippen LogP contribution in [0.5, 0.6) is 0 Å². The molecule has 0 saturated heterocycles. The minimum atomic E-state index is -0.387. The largest absolute Gasteiger partial charge is 0.328 e. The molecule has 0 bridgehead atoms. The SMILES string of the molecule is CC(N)CCCc1cc(F)ccc1F. The first kappa shape index (κ1) is 11.1. The van der Waals surface area contributed by atoms with E-state index in [4.69, 9.17) is 5.73 Å². The molecule has 2 N–H and O–H groups in total. The predicted octanol–water partition coefficient (Wildman–Crippen LogP) is 2.63. The maximum absolute atomic E-state index is 13.1. The summed E-state index contributed by atoms with van der Waals surface area (Å²) < 4.78 is 25.8. The summed E-state index contributed by atoms with van der Waals surface area (Å²) in [5.41, 5.74) is 5.99. The van der Waals surface area contributed by atoms with Crippen molar-refractivity contribution in [2.24, 2.45) is 5.73 Å². The van der Waals surface area contributed by atoms with Gasteiger partial charge >= 0.3 is 0 Å². The van der Waals surface area contributed by atoms with Gasteiger partial charge in [0.05, 0.1) is 0 Å². The highest BCUT2D eigenvalue weighted by Gasteiger charge is 2.04. The summed E-state index contributed by atoms with van der Waals surface area (Å²) in [7, 11) is 0. The number of halogens is 2. The van der Waals surface area contributed by atoms with Gasteiger partial charge in [-0.2, -0.15) is 0 Å². The first-order valence-electron chi connectivity index (χ1n) is 4.79. The minimum Gasteiger partial charge on any atom is -0.328 e. The fourth-order valence-corrected chi connectivity index (χ4v) is 1.35. The van der Waals surface area contributed by atoms with Crippen molar-refractivity contribution in [1.82, 2.24) is 0 Å². The Morgan fingerprint density at radius 3 is 2.71 bits per heavy atom. The molecule has 1 atom stereocenters. The molecule has 1 aromatic rings. The van der Waals surface area contributed by atoms with Gasteiger partial charge in [-0.1, -0.05) is 0 Å². The van der Waals surface area contributed by atoms with Crippen LogP contribution in [0.3, 0.4) is 0 Å². The van der Waals surface area contributed by atoms with E-state index < -0.39 is 0 Å². The average Bonchev–Trinajstić information content (AvgIpc) is 2.10. The van der Waals surface area contributed by atoms with Crippen LogP contribution in [0.15, 0.2) is 18.2 Å². The van der Waals surface area contributed by atoms with Gasteiger partial charge in [-0.05, 0) is 49.9 Å². The Hall–Kier alpha value is -0.960. The number of hydrogen-bond donors (Lipinski definition) is 1. The van der Waals surface area contributed by atoms with Crippen LogP contribution >= 0.6 is 0 Å². The molecule has 3 heteroatoms. The van der Waals surface area contributed by atoms with Gasteiger partial charge in [-0.15, -0.1) is 0 Å². The normalized spacial score (nSPS) is 12.9. The van der Waals surface area contributed by atoms with E-state index in [1.165, 1.54) is 6.07 Å². The first-order valence-corrected chi connectivity index (χ1v) is 4.79. The lowest BCUT2D eigenvalue weighted by molar-refractivity contribution is 0.567. The van der Waals surface area contributed by atoms with Crippen molar-refractivity contribution in [3.05, 3.63) is 35.4 Å². The molecule has 0 aliphatic heterocycles. The highest BCUT2D eigenvalue weighted by atomic mass is 19.1. The van der Waals surface area contributed by atoms with Crippen molar-refractivity contribution < 1.29 is 8.78 Å². The fourth-order valence-electron chi connectivity index (χ4n) is 1.35. The van der Waals surface area contributed by atoms with Crippen LogP contribution < -0.4 is 5.73 Å². The molecule has 0 fully saturated rings. The van der Waals surface area contributed by atoms with Gasteiger partial charge in [0.1, 0.15) is 11.6 Å². The van der Waals surface area contributed by atoms with Crippen molar-refractivity contribution >= 4 is 0 Å². The number of aryl methyl sites for hydroxylation is 1. The van der Waals surface area contributed by atoms with Gasteiger partial charge in [0.25, 0.3) is 0 Å². The second kappa shape index (κ2) is 5.05. The molecule has 1 nitrogen and oxygen atoms in total. The molecule has 78 valence electrons. The van der Waals surface area contributed by atoms with Crippen molar-refractivity contribution in [1.29, 1.82) is 0 Å². The Morgan fingerprint density at radius 2 is 2.07 bits per heavy atom. The summed E-state index contributed by atoms with van der Waals surface area (Å²) in [5.74, 6) is -0.724. The van der Waals surface area contributed by atoms with E-state index >= 15 is 0 Å². The molecule has 0 radical (unpaired) electrons. The summed E-state index contributed by atoms with van der Waals surface area (Å²) in [4.78, 5) is 0. The second-order valence-electron chi connectivity index (χ2n) is 3.61. The van der Waals surface area contributed by atoms with E-state index in [0.29, 0.717) is 12.0 Å². The van der Waals surface area contributed by atoms with Gasteiger partial charge in [0.2, 0.25) is 0 Å². The molecule has 14 heavy (non-hydrogen) atoms. The summed E-state index contributed by atoms with van der Waals surface area (Å²) in [6.45, 7) is 1.90. The number of rotatable bonds is 4. The summed E-state index contributed by atoms with van der Waals surface area (Å²) in [6.07, 6.45) is 2.17. The molecule has 0 aromatic heterocycles. The zero-order chi connectivity index (χ0) is 10.6. The summed E-state index contributed by atoms with van der Waals surface area (Å²) in [6, 6.07) is 3.66. The lowest BCUT2D eigenvalue weighted by Gasteiger charge is -2.05. The first-order chi connectivity index (χ1) is 6.59. The molecule has 0 saturated carbocycles. The van der Waals surface area contributed by atoms with Crippen LogP contribution in [-0.4, -0.2) is 6.04 Å². The van der Waals surface area contributed by atoms with Crippen LogP contribution in [0.1, 0.15) is 25.3 Å². The fraction of sp³-hybridized carbons (Fsp3) is 0.455. The Balaban J connectivity index is 2.53. The van der Waals surface area contributed by atoms with Gasteiger partial charge in [-0.25, -0.2) is 8.78 Å². The van der Waals surface area contributed by atoms with E-state index in [9.17, 15) is 8.78 Å². The van der Waals surface area contributed by atoms with Crippen LogP contribution in [0.4, 0.5) is 8.78 Å². The molecule has 1 aromatic carbocycles. The number of benzene rings is 1. The molecule has 0 heterocycles. The van der Waals surface area contributed by atoms with Crippen LogP contribution in [0.25, 0.3) is 0 Å². The monoisotopic (exact) mass is 199 g/mol. The van der Waals surface area contributed by atoms with Crippen LogP contribution in [0.2, 0.25) is 0 Å². The molecule has 1 rings (SSSR count). The Bertz CT molecular complexity index is 297. The van der Waals surface area contributed by atoms with E-state index in [2.05, 4.69) is 0 Å². The Labute approximate surface area is 82.9 Å². The van der Waals surface area contributed by atoms with Crippen molar-refractivity contribution in [3.8, 4) is 0 Å². The third-order valence-corrected chi connectivity index (χ3v) is 2.11. The average molecular weight is 199 g/mol. The van der Waals surface area contributed by atoms with E-state index in [0.717, 1.165) is 25.0 Å². The number of hydrogen-bond acceptors (Lipinski definition) is 1. The zero-order valence-corrected chi connectivity index (χ0v) is 8.26. The summed E-state index contributed by atoms with van der Waals surface area (Å²) in [5, 5.41) is 0. The highest BCUT2D eigenvalue weighted by Crippen LogP contribution is 2.12. The zero-order valence-electron chi connectivity index (χ0n) is 8.26. The predicted molar refractivity (Wildman–Crippen MR) is 52.9 cm³/mol. The quantitative estimate of drug-likeness (QED) is 0.792. The lowest BCUT2D eigenvalue weighted by atomic mass is 10.1. The Morgan fingerprint density at radius 1 is 1.36 bits per heavy atom. The van der Waals surface area contributed by atoms with Crippen LogP contribution in [-0.2, 0) is 6.42 Å². The van der Waals surface area contributed by atoms with Gasteiger partial charge in [-0.3, -0.25) is 0 Å². The minimum absolute atomic E-state index is 0.117. The van der Waals surface area contributed by atoms with E-state index in [-0.39, 0.29) is 17.7 Å². The van der Waals surface area contributed by atoms with Crippen LogP contribution in [0, 0.1) is 11.6 Å².